The second kappa shape index (κ2) is 6.89. The average Bonchev–Trinajstić information content (AvgIpc) is 3.09. The number of carbonyl (C=O) groups is 2. The van der Waals surface area contributed by atoms with Crippen molar-refractivity contribution in [3.8, 4) is 0 Å². The Morgan fingerprint density at radius 1 is 1.21 bits per heavy atom. The largest absolute Gasteiger partial charge is 0.357 e. The summed E-state index contributed by atoms with van der Waals surface area (Å²) in [6, 6.07) is 11.5. The number of anilines is 2. The van der Waals surface area contributed by atoms with Crippen LogP contribution in [0.3, 0.4) is 0 Å². The molecule has 5 heteroatoms. The Morgan fingerprint density at radius 2 is 1.96 bits per heavy atom. The number of hydrogen-bond donors (Lipinski definition) is 1. The number of amides is 1. The van der Waals surface area contributed by atoms with Crippen molar-refractivity contribution in [3.63, 3.8) is 0 Å². The molecule has 0 radical (unpaired) electrons. The van der Waals surface area contributed by atoms with Gasteiger partial charge in [-0.15, -0.1) is 11.3 Å². The van der Waals surface area contributed by atoms with Gasteiger partial charge in [-0.05, 0) is 29.0 Å². The monoisotopic (exact) mass is 394 g/mol. The molecule has 2 heterocycles. The Labute approximate surface area is 170 Å². The van der Waals surface area contributed by atoms with Gasteiger partial charge in [-0.3, -0.25) is 9.59 Å². The van der Waals surface area contributed by atoms with E-state index in [1.165, 1.54) is 0 Å². The van der Waals surface area contributed by atoms with Crippen molar-refractivity contribution in [1.29, 1.82) is 0 Å². The summed E-state index contributed by atoms with van der Waals surface area (Å²) in [5.41, 5.74) is 2.41. The average molecular weight is 395 g/mol. The fourth-order valence-corrected chi connectivity index (χ4v) is 5.14. The quantitative estimate of drug-likeness (QED) is 0.742. The molecule has 0 fully saturated rings. The molecule has 4 nitrogen and oxygen atoms in total. The summed E-state index contributed by atoms with van der Waals surface area (Å²) in [6.07, 6.45) is 2.66. The standard InChI is InChI=1S/C23H26N2O2S/c1-14(2)22(27)25-17-9-6-5-8-15(17)24-16-12-23(3,4)13-18(26)20(16)21(25)19-10-7-11-28-19/h5-12,14,20-21,24H,13H2,1-4H3. The number of thiophene rings is 1. The van der Waals surface area contributed by atoms with Crippen LogP contribution in [0.25, 0.3) is 0 Å². The Balaban J connectivity index is 1.99. The molecule has 1 aromatic carbocycles. The van der Waals surface area contributed by atoms with Crippen LogP contribution in [0.15, 0.2) is 53.6 Å². The Bertz CT molecular complexity index is 943. The smallest absolute Gasteiger partial charge is 0.230 e. The van der Waals surface area contributed by atoms with Gasteiger partial charge >= 0.3 is 0 Å². The summed E-state index contributed by atoms with van der Waals surface area (Å²) < 4.78 is 0. The lowest BCUT2D eigenvalue weighted by Crippen LogP contribution is -2.44. The summed E-state index contributed by atoms with van der Waals surface area (Å²) in [5.74, 6) is -0.341. The lowest BCUT2D eigenvalue weighted by atomic mass is 9.73. The first kappa shape index (κ1) is 18.9. The zero-order valence-electron chi connectivity index (χ0n) is 16.7. The van der Waals surface area contributed by atoms with E-state index in [2.05, 4.69) is 25.2 Å². The van der Waals surface area contributed by atoms with Crippen LogP contribution in [0.1, 0.15) is 45.0 Å². The third-order valence-corrected chi connectivity index (χ3v) is 6.40. The minimum atomic E-state index is -0.387. The maximum Gasteiger partial charge on any atom is 0.230 e. The fraction of sp³-hybridized carbons (Fsp3) is 0.391. The number of benzene rings is 1. The first-order valence-corrected chi connectivity index (χ1v) is 10.6. The van der Waals surface area contributed by atoms with E-state index in [0.29, 0.717) is 6.42 Å². The number of rotatable bonds is 2. The van der Waals surface area contributed by atoms with Gasteiger partial charge in [0, 0.05) is 22.9 Å². The molecule has 1 amide bonds. The van der Waals surface area contributed by atoms with Gasteiger partial charge in [0.25, 0.3) is 0 Å². The first-order valence-electron chi connectivity index (χ1n) is 9.76. The number of nitrogens with one attached hydrogen (secondary N) is 1. The summed E-state index contributed by atoms with van der Waals surface area (Å²) >= 11 is 1.60. The van der Waals surface area contributed by atoms with Gasteiger partial charge in [0.05, 0.1) is 23.3 Å². The van der Waals surface area contributed by atoms with E-state index in [1.807, 2.05) is 60.5 Å². The van der Waals surface area contributed by atoms with Crippen LogP contribution in [-0.2, 0) is 9.59 Å². The Hall–Kier alpha value is -2.40. The van der Waals surface area contributed by atoms with Gasteiger partial charge in [0.15, 0.2) is 0 Å². The normalized spacial score (nSPS) is 23.4. The minimum Gasteiger partial charge on any atom is -0.357 e. The van der Waals surface area contributed by atoms with Crippen molar-refractivity contribution in [1.82, 2.24) is 0 Å². The number of para-hydroxylation sites is 2. The highest BCUT2D eigenvalue weighted by atomic mass is 32.1. The van der Waals surface area contributed by atoms with E-state index in [9.17, 15) is 9.59 Å². The van der Waals surface area contributed by atoms with E-state index in [0.717, 1.165) is 21.9 Å². The molecule has 2 unspecified atom stereocenters. The number of ketones is 1. The van der Waals surface area contributed by atoms with Crippen molar-refractivity contribution >= 4 is 34.4 Å². The zero-order valence-corrected chi connectivity index (χ0v) is 17.5. The van der Waals surface area contributed by atoms with Crippen LogP contribution in [-0.4, -0.2) is 11.7 Å². The molecule has 0 spiro atoms. The van der Waals surface area contributed by atoms with E-state index >= 15 is 0 Å². The summed E-state index contributed by atoms with van der Waals surface area (Å²) in [6.45, 7) is 8.00. The second-order valence-corrected chi connectivity index (χ2v) is 9.65. The molecule has 2 aromatic rings. The Kier molecular flexibility index (Phi) is 4.66. The molecule has 0 saturated carbocycles. The van der Waals surface area contributed by atoms with Crippen molar-refractivity contribution in [2.45, 2.75) is 40.2 Å². The summed E-state index contributed by atoms with van der Waals surface area (Å²) in [4.78, 5) is 29.7. The highest BCUT2D eigenvalue weighted by Gasteiger charge is 2.46. The van der Waals surface area contributed by atoms with Gasteiger partial charge in [0.1, 0.15) is 5.78 Å². The maximum atomic E-state index is 13.4. The molecule has 28 heavy (non-hydrogen) atoms. The Morgan fingerprint density at radius 3 is 2.64 bits per heavy atom. The molecule has 0 saturated heterocycles. The molecular weight excluding hydrogens is 368 g/mol. The molecule has 1 aromatic heterocycles. The second-order valence-electron chi connectivity index (χ2n) is 8.67. The molecule has 1 aliphatic carbocycles. The third kappa shape index (κ3) is 3.18. The number of hydrogen-bond acceptors (Lipinski definition) is 4. The molecule has 146 valence electrons. The molecule has 0 bridgehead atoms. The lowest BCUT2D eigenvalue weighted by Gasteiger charge is -2.39. The first-order chi connectivity index (χ1) is 13.3. The van der Waals surface area contributed by atoms with Gasteiger partial charge < -0.3 is 10.2 Å². The predicted molar refractivity (Wildman–Crippen MR) is 114 cm³/mol. The highest BCUT2D eigenvalue weighted by Crippen LogP contribution is 2.49. The number of allylic oxidation sites excluding steroid dienone is 1. The maximum absolute atomic E-state index is 13.4. The van der Waals surface area contributed by atoms with Gasteiger partial charge in [-0.25, -0.2) is 0 Å². The summed E-state index contributed by atoms with van der Waals surface area (Å²) in [7, 11) is 0. The van der Waals surface area contributed by atoms with Gasteiger partial charge in [-0.1, -0.05) is 52.0 Å². The van der Waals surface area contributed by atoms with Crippen LogP contribution in [0.5, 0.6) is 0 Å². The van der Waals surface area contributed by atoms with Crippen molar-refractivity contribution in [2.24, 2.45) is 17.3 Å². The van der Waals surface area contributed by atoms with Crippen LogP contribution in [0.4, 0.5) is 11.4 Å². The molecule has 1 N–H and O–H groups in total. The third-order valence-electron chi connectivity index (χ3n) is 5.46. The van der Waals surface area contributed by atoms with Crippen LogP contribution in [0.2, 0.25) is 0 Å². The van der Waals surface area contributed by atoms with Gasteiger partial charge in [0.2, 0.25) is 5.91 Å². The minimum absolute atomic E-state index is 0.0338. The number of carbonyl (C=O) groups excluding carboxylic acids is 2. The van der Waals surface area contributed by atoms with Crippen molar-refractivity contribution in [2.75, 3.05) is 10.2 Å². The van der Waals surface area contributed by atoms with Crippen LogP contribution < -0.4 is 10.2 Å². The zero-order chi connectivity index (χ0) is 20.1. The van der Waals surface area contributed by atoms with Crippen LogP contribution in [0, 0.1) is 17.3 Å². The highest BCUT2D eigenvalue weighted by molar-refractivity contribution is 7.10. The van der Waals surface area contributed by atoms with E-state index in [1.54, 1.807) is 11.3 Å². The molecule has 4 rings (SSSR count). The predicted octanol–water partition coefficient (Wildman–Crippen LogP) is 5.40. The van der Waals surface area contributed by atoms with E-state index in [4.69, 9.17) is 0 Å². The lowest BCUT2D eigenvalue weighted by molar-refractivity contribution is -0.125. The number of Topliss-reactive ketones (excluding diaryl/α,β-unsaturated/α-hetero) is 1. The van der Waals surface area contributed by atoms with E-state index in [-0.39, 0.29) is 35.0 Å². The number of nitrogens with zero attached hydrogens (tertiary/aromatic N) is 1. The number of fused-ring (bicyclic) bond motifs is 2. The molecule has 2 aliphatic rings. The van der Waals surface area contributed by atoms with Crippen LogP contribution >= 0.6 is 11.3 Å². The summed E-state index contributed by atoms with van der Waals surface area (Å²) in [5, 5.41) is 5.53. The molecule has 1 aliphatic heterocycles. The topological polar surface area (TPSA) is 49.4 Å². The molecular formula is C23H26N2O2S. The van der Waals surface area contributed by atoms with E-state index < -0.39 is 0 Å². The fourth-order valence-electron chi connectivity index (χ4n) is 4.28. The van der Waals surface area contributed by atoms with Crippen molar-refractivity contribution < 1.29 is 9.59 Å². The van der Waals surface area contributed by atoms with Gasteiger partial charge in [-0.2, -0.15) is 0 Å². The SMILES string of the molecule is CC(C)C(=O)N1c2ccccc2NC2=CC(C)(C)CC(=O)C2C1c1cccs1. The van der Waals surface area contributed by atoms with Crippen molar-refractivity contribution in [3.05, 3.63) is 58.4 Å². The molecule has 2 atom stereocenters.